The van der Waals surface area contributed by atoms with E-state index in [1.807, 2.05) is 30.3 Å². The highest BCUT2D eigenvalue weighted by atomic mass is 35.5. The average Bonchev–Trinajstić information content (AvgIpc) is 2.55. The minimum Gasteiger partial charge on any atom is -0.229 e. The highest BCUT2D eigenvalue weighted by Gasteiger charge is 2.34. The summed E-state index contributed by atoms with van der Waals surface area (Å²) in [4.78, 5) is 8.83. The minimum atomic E-state index is -4.50. The fraction of sp³-hybridized carbons (Fsp3) is 0.0588. The molecule has 7 heteroatoms. The van der Waals surface area contributed by atoms with Crippen molar-refractivity contribution in [2.24, 2.45) is 0 Å². The van der Waals surface area contributed by atoms with E-state index >= 15 is 0 Å². The van der Waals surface area contributed by atoms with Gasteiger partial charge in [0.05, 0.1) is 11.1 Å². The van der Waals surface area contributed by atoms with Gasteiger partial charge in [0.15, 0.2) is 0 Å². The van der Waals surface area contributed by atoms with Crippen LogP contribution < -0.4 is 0 Å². The van der Waals surface area contributed by atoms with E-state index in [-0.39, 0.29) is 16.3 Å². The van der Waals surface area contributed by atoms with Crippen LogP contribution in [0, 0.1) is 0 Å². The van der Waals surface area contributed by atoms with Gasteiger partial charge in [-0.15, -0.1) is 0 Å². The number of nitrogens with zero attached hydrogens (tertiary/aromatic N) is 2. The second kappa shape index (κ2) is 6.83. The Hall–Kier alpha value is -2.05. The molecule has 1 heterocycles. The molecule has 122 valence electrons. The lowest BCUT2D eigenvalue weighted by molar-refractivity contribution is -0.137. The Bertz CT molecular complexity index is 854. The number of rotatable bonds is 3. The first-order valence-electron chi connectivity index (χ1n) is 6.87. The van der Waals surface area contributed by atoms with Crippen LogP contribution in [0.3, 0.4) is 0 Å². The van der Waals surface area contributed by atoms with Crippen LogP contribution in [-0.2, 0) is 6.18 Å². The molecule has 0 radical (unpaired) electrons. The van der Waals surface area contributed by atoms with E-state index in [9.17, 15) is 13.2 Å². The van der Waals surface area contributed by atoms with Gasteiger partial charge in [-0.2, -0.15) is 13.2 Å². The third-order valence-corrected chi connectivity index (χ3v) is 4.52. The smallest absolute Gasteiger partial charge is 0.229 e. The molecule has 0 aliphatic carbocycles. The third kappa shape index (κ3) is 3.55. The SMILES string of the molecule is FC(F)(F)c1ccccc1-c1c(Cl)ncnc1Sc1ccccc1. The van der Waals surface area contributed by atoms with Crippen LogP contribution in [-0.4, -0.2) is 9.97 Å². The predicted molar refractivity (Wildman–Crippen MR) is 88.0 cm³/mol. The van der Waals surface area contributed by atoms with E-state index in [0.717, 1.165) is 11.0 Å². The molecule has 3 aromatic rings. The number of aromatic nitrogens is 2. The third-order valence-electron chi connectivity index (χ3n) is 3.23. The standard InChI is InChI=1S/C17H10ClF3N2S/c18-15-14(12-8-4-5-9-13(12)17(19,20)21)16(23-10-22-15)24-11-6-2-1-3-7-11/h1-10H. The second-order valence-corrected chi connectivity index (χ2v) is 6.22. The molecule has 0 amide bonds. The first kappa shape index (κ1) is 16.8. The van der Waals surface area contributed by atoms with Gasteiger partial charge in [0.2, 0.25) is 0 Å². The summed E-state index contributed by atoms with van der Waals surface area (Å²) in [5.74, 6) is 0. The van der Waals surface area contributed by atoms with Crippen molar-refractivity contribution in [2.75, 3.05) is 0 Å². The molecule has 0 aliphatic rings. The largest absolute Gasteiger partial charge is 0.417 e. The van der Waals surface area contributed by atoms with Crippen molar-refractivity contribution >= 4 is 23.4 Å². The maximum absolute atomic E-state index is 13.3. The summed E-state index contributed by atoms with van der Waals surface area (Å²) in [5, 5.41) is 0.359. The second-order valence-electron chi connectivity index (χ2n) is 4.80. The molecule has 2 aromatic carbocycles. The van der Waals surface area contributed by atoms with E-state index < -0.39 is 11.7 Å². The topological polar surface area (TPSA) is 25.8 Å². The summed E-state index contributed by atoms with van der Waals surface area (Å²) in [7, 11) is 0. The molecule has 2 nitrogen and oxygen atoms in total. The van der Waals surface area contributed by atoms with Crippen molar-refractivity contribution in [2.45, 2.75) is 16.1 Å². The zero-order chi connectivity index (χ0) is 17.2. The maximum atomic E-state index is 13.3. The van der Waals surface area contributed by atoms with Gasteiger partial charge in [-0.3, -0.25) is 0 Å². The van der Waals surface area contributed by atoms with Crippen molar-refractivity contribution in [1.82, 2.24) is 9.97 Å². The Morgan fingerprint density at radius 1 is 0.875 bits per heavy atom. The summed E-state index contributed by atoms with van der Waals surface area (Å²) in [6, 6.07) is 14.5. The zero-order valence-corrected chi connectivity index (χ0v) is 13.7. The summed E-state index contributed by atoms with van der Waals surface area (Å²) in [6.45, 7) is 0. The van der Waals surface area contributed by atoms with Crippen LogP contribution in [0.15, 0.2) is 70.8 Å². The van der Waals surface area contributed by atoms with Gasteiger partial charge in [0.25, 0.3) is 0 Å². The summed E-state index contributed by atoms with van der Waals surface area (Å²) in [5.41, 5.74) is -0.619. The van der Waals surface area contributed by atoms with Crippen LogP contribution in [0.2, 0.25) is 5.15 Å². The van der Waals surface area contributed by atoms with Gasteiger partial charge in [0.1, 0.15) is 16.5 Å². The molecule has 0 atom stereocenters. The average molecular weight is 367 g/mol. The summed E-state index contributed by atoms with van der Waals surface area (Å²) < 4.78 is 40.0. The Morgan fingerprint density at radius 3 is 2.25 bits per heavy atom. The van der Waals surface area contributed by atoms with Crippen molar-refractivity contribution in [1.29, 1.82) is 0 Å². The van der Waals surface area contributed by atoms with E-state index in [1.165, 1.54) is 36.3 Å². The molecule has 0 spiro atoms. The summed E-state index contributed by atoms with van der Waals surface area (Å²) in [6.07, 6.45) is -3.25. The number of benzene rings is 2. The number of hydrogen-bond acceptors (Lipinski definition) is 3. The molecular weight excluding hydrogens is 357 g/mol. The first-order chi connectivity index (χ1) is 11.5. The lowest BCUT2D eigenvalue weighted by Gasteiger charge is -2.15. The van der Waals surface area contributed by atoms with Gasteiger partial charge >= 0.3 is 6.18 Å². The molecule has 0 N–H and O–H groups in total. The molecular formula is C17H10ClF3N2S. The molecule has 0 saturated heterocycles. The zero-order valence-electron chi connectivity index (χ0n) is 12.1. The van der Waals surface area contributed by atoms with E-state index in [4.69, 9.17) is 11.6 Å². The van der Waals surface area contributed by atoms with Crippen LogP contribution in [0.25, 0.3) is 11.1 Å². The van der Waals surface area contributed by atoms with Gasteiger partial charge in [-0.05, 0) is 23.8 Å². The quantitative estimate of drug-likeness (QED) is 0.534. The fourth-order valence-corrected chi connectivity index (χ4v) is 3.42. The van der Waals surface area contributed by atoms with Gasteiger partial charge < -0.3 is 0 Å². The van der Waals surface area contributed by atoms with Crippen LogP contribution in [0.4, 0.5) is 13.2 Å². The van der Waals surface area contributed by atoms with Crippen molar-refractivity contribution in [3.8, 4) is 11.1 Å². The predicted octanol–water partition coefficient (Wildman–Crippen LogP) is 5.97. The van der Waals surface area contributed by atoms with Crippen LogP contribution >= 0.6 is 23.4 Å². The van der Waals surface area contributed by atoms with Crippen molar-refractivity contribution in [3.63, 3.8) is 0 Å². The monoisotopic (exact) mass is 366 g/mol. The Balaban J connectivity index is 2.16. The maximum Gasteiger partial charge on any atom is 0.417 e. The van der Waals surface area contributed by atoms with E-state index in [0.29, 0.717) is 5.03 Å². The molecule has 24 heavy (non-hydrogen) atoms. The van der Waals surface area contributed by atoms with Gasteiger partial charge in [-0.1, -0.05) is 59.8 Å². The molecule has 0 saturated carbocycles. The molecule has 1 aromatic heterocycles. The molecule has 3 rings (SSSR count). The lowest BCUT2D eigenvalue weighted by atomic mass is 10.0. The van der Waals surface area contributed by atoms with Crippen LogP contribution in [0.1, 0.15) is 5.56 Å². The fourth-order valence-electron chi connectivity index (χ4n) is 2.20. The Labute approximate surface area is 145 Å². The molecule has 0 bridgehead atoms. The number of halogens is 4. The van der Waals surface area contributed by atoms with E-state index in [2.05, 4.69) is 9.97 Å². The highest BCUT2D eigenvalue weighted by molar-refractivity contribution is 7.99. The Morgan fingerprint density at radius 2 is 1.54 bits per heavy atom. The lowest BCUT2D eigenvalue weighted by Crippen LogP contribution is -2.07. The normalized spacial score (nSPS) is 11.5. The van der Waals surface area contributed by atoms with Crippen molar-refractivity contribution < 1.29 is 13.2 Å². The number of alkyl halides is 3. The van der Waals surface area contributed by atoms with Gasteiger partial charge in [0, 0.05) is 4.90 Å². The summed E-state index contributed by atoms with van der Waals surface area (Å²) >= 11 is 7.36. The number of hydrogen-bond donors (Lipinski definition) is 0. The molecule has 0 aliphatic heterocycles. The molecule has 0 fully saturated rings. The minimum absolute atomic E-state index is 0.0138. The Kier molecular flexibility index (Phi) is 4.78. The molecule has 0 unspecified atom stereocenters. The highest BCUT2D eigenvalue weighted by Crippen LogP contribution is 2.43. The first-order valence-corrected chi connectivity index (χ1v) is 8.06. The van der Waals surface area contributed by atoms with Gasteiger partial charge in [-0.25, -0.2) is 9.97 Å². The van der Waals surface area contributed by atoms with Crippen LogP contribution in [0.5, 0.6) is 0 Å². The van der Waals surface area contributed by atoms with E-state index in [1.54, 1.807) is 0 Å². The van der Waals surface area contributed by atoms with Crippen molar-refractivity contribution in [3.05, 3.63) is 71.6 Å².